The van der Waals surface area contributed by atoms with Gasteiger partial charge in [0.1, 0.15) is 30.2 Å². The van der Waals surface area contributed by atoms with E-state index in [-0.39, 0.29) is 38.8 Å². The molecule has 0 bridgehead atoms. The van der Waals surface area contributed by atoms with Crippen molar-refractivity contribution >= 4 is 41.5 Å². The molecular weight excluding hydrogens is 767 g/mol. The second-order valence-corrected chi connectivity index (χ2v) is 15.3. The number of rotatable bonds is 13. The molecule has 4 rings (SSSR count). The Hall–Kier alpha value is -6.25. The predicted octanol–water partition coefficient (Wildman–Crippen LogP) is 2.87. The van der Waals surface area contributed by atoms with Crippen LogP contribution in [0.15, 0.2) is 91.0 Å². The lowest BCUT2D eigenvalue weighted by Gasteiger charge is -2.30. The number of amides is 7. The lowest BCUT2D eigenvalue weighted by atomic mass is 9.96. The Morgan fingerprint density at radius 3 is 1.88 bits per heavy atom. The van der Waals surface area contributed by atoms with Gasteiger partial charge in [-0.1, -0.05) is 111 Å². The first-order valence-corrected chi connectivity index (χ1v) is 20.7. The van der Waals surface area contributed by atoms with E-state index in [1.807, 2.05) is 67.6 Å². The predicted molar refractivity (Wildman–Crippen MR) is 226 cm³/mol. The summed E-state index contributed by atoms with van der Waals surface area (Å²) in [6, 6.07) is 21.2. The summed E-state index contributed by atoms with van der Waals surface area (Å²) in [6.45, 7) is 3.45. The first-order chi connectivity index (χ1) is 28.8. The molecule has 60 heavy (non-hydrogen) atoms. The molecule has 15 heteroatoms. The standard InChI is InChI=1S/C45H59N7O8/c1-4-30(2)39-42(56)48-36(26-24-32-18-10-6-11-19-32)43(57)52(3)29-38(53)47-35(25-23-31-16-8-5-9-17-31)40(54)46-27-15-14-22-34(41(55)51-39)49-45(60)50-37(44(58)59)28-33-20-12-7-13-21-33/h5-13,16-21,30,34-37,39H,4,14-15,22-29H2,1-3H3,(H,46,54)(H,47,53)(H,48,56)(H,51,55)(H,58,59)(H2,49,50,60)/t30-,34?,35-,36?,37-,39-/m0/s1. The Labute approximate surface area is 351 Å². The van der Waals surface area contributed by atoms with Gasteiger partial charge in [-0.3, -0.25) is 24.0 Å². The zero-order chi connectivity index (χ0) is 43.4. The molecule has 0 aliphatic carbocycles. The molecule has 1 aliphatic heterocycles. The Morgan fingerprint density at radius 2 is 1.32 bits per heavy atom. The van der Waals surface area contributed by atoms with Crippen molar-refractivity contribution in [3.05, 3.63) is 108 Å². The Balaban J connectivity index is 1.61. The highest BCUT2D eigenvalue weighted by molar-refractivity contribution is 5.96. The number of hydrogen-bond acceptors (Lipinski definition) is 7. The number of nitrogens with one attached hydrogen (secondary N) is 6. The molecule has 7 N–H and O–H groups in total. The summed E-state index contributed by atoms with van der Waals surface area (Å²) in [5, 5.41) is 26.3. The lowest BCUT2D eigenvalue weighted by molar-refractivity contribution is -0.140. The zero-order valence-corrected chi connectivity index (χ0v) is 34.7. The van der Waals surface area contributed by atoms with E-state index in [0.717, 1.165) is 11.1 Å². The summed E-state index contributed by atoms with van der Waals surface area (Å²) in [5.74, 6) is -4.46. The van der Waals surface area contributed by atoms with E-state index in [1.54, 1.807) is 37.3 Å². The minimum absolute atomic E-state index is 0.00254. The molecule has 3 aromatic rings. The van der Waals surface area contributed by atoms with Crippen molar-refractivity contribution in [3.8, 4) is 0 Å². The van der Waals surface area contributed by atoms with Crippen LogP contribution in [-0.2, 0) is 48.0 Å². The third-order valence-electron chi connectivity index (χ3n) is 10.7. The maximum absolute atomic E-state index is 14.1. The molecule has 3 aromatic carbocycles. The van der Waals surface area contributed by atoms with E-state index in [2.05, 4.69) is 31.9 Å². The van der Waals surface area contributed by atoms with Crippen LogP contribution < -0.4 is 31.9 Å². The van der Waals surface area contributed by atoms with E-state index >= 15 is 0 Å². The van der Waals surface area contributed by atoms with Gasteiger partial charge in [0.25, 0.3) is 0 Å². The molecule has 6 atom stereocenters. The average Bonchev–Trinajstić information content (AvgIpc) is 3.24. The van der Waals surface area contributed by atoms with Gasteiger partial charge in [0.2, 0.25) is 29.5 Å². The van der Waals surface area contributed by atoms with Crippen LogP contribution in [-0.4, -0.2) is 102 Å². The fourth-order valence-corrected chi connectivity index (χ4v) is 6.94. The third-order valence-corrected chi connectivity index (χ3v) is 10.7. The van der Waals surface area contributed by atoms with Gasteiger partial charge in [-0.25, -0.2) is 9.59 Å². The highest BCUT2D eigenvalue weighted by atomic mass is 16.4. The summed E-state index contributed by atoms with van der Waals surface area (Å²) < 4.78 is 0. The topological polar surface area (TPSA) is 215 Å². The van der Waals surface area contributed by atoms with Crippen LogP contribution >= 0.6 is 0 Å². The molecule has 1 heterocycles. The van der Waals surface area contributed by atoms with Crippen LogP contribution in [0.1, 0.15) is 69.1 Å². The molecule has 1 fully saturated rings. The molecule has 1 aliphatic rings. The van der Waals surface area contributed by atoms with Gasteiger partial charge in [-0.2, -0.15) is 0 Å². The third kappa shape index (κ3) is 15.2. The number of carbonyl (C=O) groups is 7. The van der Waals surface area contributed by atoms with Crippen LogP contribution in [0.3, 0.4) is 0 Å². The molecule has 322 valence electrons. The van der Waals surface area contributed by atoms with Gasteiger partial charge in [0.15, 0.2) is 0 Å². The molecule has 0 radical (unpaired) electrons. The normalized spacial score (nSPS) is 21.1. The number of urea groups is 1. The summed E-state index contributed by atoms with van der Waals surface area (Å²) in [4.78, 5) is 95.9. The lowest BCUT2D eigenvalue weighted by Crippen LogP contribution is -2.60. The van der Waals surface area contributed by atoms with Gasteiger partial charge >= 0.3 is 12.0 Å². The SMILES string of the molecule is CC[C@H](C)[C@@H]1NC(=O)C(NC(=O)N[C@@H](Cc2ccccc2)C(=O)O)CCCCNC(=O)[C@H](CCc2ccccc2)NC(=O)CN(C)C(=O)C(CCc2ccccc2)NC1=O. The maximum atomic E-state index is 14.1. The van der Waals surface area contributed by atoms with E-state index in [0.29, 0.717) is 37.7 Å². The fourth-order valence-electron chi connectivity index (χ4n) is 6.94. The zero-order valence-electron chi connectivity index (χ0n) is 34.7. The quantitative estimate of drug-likeness (QED) is 0.136. The summed E-state index contributed by atoms with van der Waals surface area (Å²) >= 11 is 0. The molecule has 7 amide bonds. The van der Waals surface area contributed by atoms with Crippen LogP contribution in [0.4, 0.5) is 4.79 Å². The van der Waals surface area contributed by atoms with Crippen LogP contribution in [0.25, 0.3) is 0 Å². The Morgan fingerprint density at radius 1 is 0.750 bits per heavy atom. The van der Waals surface area contributed by atoms with E-state index in [9.17, 15) is 38.7 Å². The van der Waals surface area contributed by atoms with Gasteiger partial charge in [-0.05, 0) is 67.6 Å². The molecule has 2 unspecified atom stereocenters. The average molecular weight is 826 g/mol. The van der Waals surface area contributed by atoms with E-state index < -0.39 is 77.7 Å². The van der Waals surface area contributed by atoms with Crippen molar-refractivity contribution in [2.24, 2.45) is 5.92 Å². The number of nitrogens with zero attached hydrogens (tertiary/aromatic N) is 1. The summed E-state index contributed by atoms with van der Waals surface area (Å²) in [6.07, 6.45) is 2.67. The van der Waals surface area contributed by atoms with E-state index in [4.69, 9.17) is 0 Å². The number of carbonyl (C=O) groups excluding carboxylic acids is 6. The number of aliphatic carboxylic acids is 1. The first-order valence-electron chi connectivity index (χ1n) is 20.7. The van der Waals surface area contributed by atoms with Crippen molar-refractivity contribution in [2.75, 3.05) is 20.1 Å². The first kappa shape index (κ1) is 46.4. The summed E-state index contributed by atoms with van der Waals surface area (Å²) in [5.41, 5.74) is 2.59. The second kappa shape index (κ2) is 24.0. The van der Waals surface area contributed by atoms with Crippen molar-refractivity contribution < 1.29 is 38.7 Å². The smallest absolute Gasteiger partial charge is 0.326 e. The largest absolute Gasteiger partial charge is 0.480 e. The number of hydrogen-bond donors (Lipinski definition) is 7. The van der Waals surface area contributed by atoms with Gasteiger partial charge in [0.05, 0.1) is 6.54 Å². The van der Waals surface area contributed by atoms with Crippen molar-refractivity contribution in [3.63, 3.8) is 0 Å². The minimum Gasteiger partial charge on any atom is -0.480 e. The number of benzene rings is 3. The van der Waals surface area contributed by atoms with Crippen LogP contribution in [0.5, 0.6) is 0 Å². The highest BCUT2D eigenvalue weighted by Gasteiger charge is 2.34. The number of carboxylic acid groups (broad SMARTS) is 1. The molecule has 0 aromatic heterocycles. The van der Waals surface area contributed by atoms with Crippen molar-refractivity contribution in [2.45, 2.75) is 102 Å². The highest BCUT2D eigenvalue weighted by Crippen LogP contribution is 2.14. The Kier molecular flexibility index (Phi) is 18.6. The molecule has 0 spiro atoms. The van der Waals surface area contributed by atoms with Crippen LogP contribution in [0.2, 0.25) is 0 Å². The van der Waals surface area contributed by atoms with Crippen molar-refractivity contribution in [1.82, 2.24) is 36.8 Å². The number of aryl methyl sites for hydroxylation is 2. The molecule has 0 saturated carbocycles. The minimum atomic E-state index is -1.30. The molecule has 15 nitrogen and oxygen atoms in total. The van der Waals surface area contributed by atoms with Crippen LogP contribution in [0, 0.1) is 5.92 Å². The van der Waals surface area contributed by atoms with Gasteiger partial charge in [-0.15, -0.1) is 0 Å². The fraction of sp³-hybridized carbons (Fsp3) is 0.444. The Bertz CT molecular complexity index is 1880. The summed E-state index contributed by atoms with van der Waals surface area (Å²) in [7, 11) is 1.45. The maximum Gasteiger partial charge on any atom is 0.326 e. The second-order valence-electron chi connectivity index (χ2n) is 15.3. The molecule has 1 saturated heterocycles. The molecular formula is C45H59N7O8. The van der Waals surface area contributed by atoms with E-state index in [1.165, 1.54) is 11.9 Å². The van der Waals surface area contributed by atoms with Crippen molar-refractivity contribution in [1.29, 1.82) is 0 Å². The number of likely N-dealkylation sites (N-methyl/N-ethyl adjacent to an activating group) is 1. The van der Waals surface area contributed by atoms with Gasteiger partial charge < -0.3 is 41.9 Å². The van der Waals surface area contributed by atoms with Gasteiger partial charge in [0, 0.05) is 20.0 Å². The monoisotopic (exact) mass is 825 g/mol. The number of carboxylic acids is 1.